The Labute approximate surface area is 494 Å². The quantitative estimate of drug-likeness (QED) is 0.0354. The smallest absolute Gasteiger partial charge is 0.412 e. The Hall–Kier alpha value is -8.55. The van der Waals surface area contributed by atoms with Crippen molar-refractivity contribution in [2.45, 2.75) is 103 Å². The second kappa shape index (κ2) is 26.4. The first-order chi connectivity index (χ1) is 40.3. The molecule has 1 atom stereocenters. The van der Waals surface area contributed by atoms with Crippen LogP contribution < -0.4 is 26.2 Å². The summed E-state index contributed by atoms with van der Waals surface area (Å²) in [5.74, 6) is -0.470. The summed E-state index contributed by atoms with van der Waals surface area (Å²) in [4.78, 5) is 90.3. The number of alkyl carbamates (subject to hydrolysis) is 1. The molecule has 0 unspecified atom stereocenters. The van der Waals surface area contributed by atoms with Gasteiger partial charge in [-0.1, -0.05) is 103 Å². The van der Waals surface area contributed by atoms with Crippen LogP contribution in [0.5, 0.6) is 0 Å². The SMILES string of the molecule is CCc1cccc(-c2cnc(C(=O)NCCOCCN(CC[C@H](NC(=O)C3(NC(=O)OC(C)(C)C)CCN(c4ncnc5[nH]ccc45)CC3)c3ccc(Cl)cc3)C(=O)OCC3c4ccccc4-c4ccccc43)c(NC(=O)OC(C)(C)C)c2)c1. The van der Waals surface area contributed by atoms with Crippen LogP contribution in [0.1, 0.15) is 112 Å². The third-order valence-electron chi connectivity index (χ3n) is 14.7. The van der Waals surface area contributed by atoms with Crippen LogP contribution >= 0.6 is 11.6 Å². The van der Waals surface area contributed by atoms with Gasteiger partial charge in [-0.3, -0.25) is 14.9 Å². The maximum atomic E-state index is 15.1. The number of aryl methyl sites for hydroxylation is 1. The Morgan fingerprint density at radius 3 is 2.17 bits per heavy atom. The largest absolute Gasteiger partial charge is 0.448 e. The standard InChI is InChI=1S/C64H73ClN10O9/c1-8-41-14-13-15-43(36-41)44-37-53(72-59(78)83-62(2,3)4)54(68-38-44)57(76)67-29-34-81-35-33-75(61(80)82-39-51-48-18-11-9-16-46(48)47-17-10-12-19-49(47)51)30-25-52(42-20-22-45(65)23-21-42)71-58(77)64(73-60(79)84-63(5,6)7)26-31-74(32-27-64)56-50-24-28-66-55(50)69-40-70-56/h9-24,28,36-38,40,51-52H,8,25-27,29-35,39H2,1-7H3,(H,67,76)(H,71,77)(H,72,78)(H,73,79)(H,66,69,70)/t52-/m0/s1. The first-order valence-electron chi connectivity index (χ1n) is 28.4. The Balaban J connectivity index is 0.909. The molecule has 0 bridgehead atoms. The molecule has 1 saturated heterocycles. The molecule has 440 valence electrons. The van der Waals surface area contributed by atoms with E-state index in [1.54, 1.807) is 77.0 Å². The third-order valence-corrected chi connectivity index (χ3v) is 15.0. The molecule has 7 aromatic rings. The Bertz CT molecular complexity index is 3430. The average molecular weight is 1160 g/mol. The summed E-state index contributed by atoms with van der Waals surface area (Å²) in [7, 11) is 0. The van der Waals surface area contributed by atoms with E-state index in [9.17, 15) is 19.2 Å². The summed E-state index contributed by atoms with van der Waals surface area (Å²) < 4.78 is 23.6. The molecule has 1 aliphatic heterocycles. The number of piperidine rings is 1. The van der Waals surface area contributed by atoms with Gasteiger partial charge in [0.1, 0.15) is 41.1 Å². The van der Waals surface area contributed by atoms with Crippen LogP contribution in [-0.2, 0) is 30.2 Å². The van der Waals surface area contributed by atoms with Crippen LogP contribution in [-0.4, -0.2) is 124 Å². The molecule has 20 heteroatoms. The van der Waals surface area contributed by atoms with E-state index in [1.165, 1.54) is 6.33 Å². The van der Waals surface area contributed by atoms with Gasteiger partial charge in [0.15, 0.2) is 5.69 Å². The maximum absolute atomic E-state index is 15.1. The molecule has 19 nitrogen and oxygen atoms in total. The molecule has 4 heterocycles. The summed E-state index contributed by atoms with van der Waals surface area (Å²) in [6, 6.07) is 34.2. The second-order valence-corrected chi connectivity index (χ2v) is 23.4. The molecule has 4 aromatic carbocycles. The lowest BCUT2D eigenvalue weighted by Crippen LogP contribution is -2.64. The number of aromatic nitrogens is 4. The average Bonchev–Trinajstić information content (AvgIpc) is 2.90. The molecule has 5 N–H and O–H groups in total. The number of halogens is 1. The molecule has 9 rings (SSSR count). The van der Waals surface area contributed by atoms with Gasteiger partial charge in [-0.15, -0.1) is 0 Å². The number of pyridine rings is 1. The molecule has 84 heavy (non-hydrogen) atoms. The van der Waals surface area contributed by atoms with Gasteiger partial charge in [-0.2, -0.15) is 0 Å². The van der Waals surface area contributed by atoms with Gasteiger partial charge < -0.3 is 49.7 Å². The van der Waals surface area contributed by atoms with Crippen LogP contribution in [0, 0.1) is 0 Å². The number of carbonyl (C=O) groups excluding carboxylic acids is 5. The number of rotatable bonds is 20. The van der Waals surface area contributed by atoms with E-state index in [0.717, 1.165) is 45.2 Å². The summed E-state index contributed by atoms with van der Waals surface area (Å²) >= 11 is 6.42. The zero-order valence-electron chi connectivity index (χ0n) is 48.6. The summed E-state index contributed by atoms with van der Waals surface area (Å²) in [5.41, 5.74) is 5.51. The Kier molecular flexibility index (Phi) is 18.8. The van der Waals surface area contributed by atoms with Crippen LogP contribution in [0.3, 0.4) is 0 Å². The molecular formula is C64H73ClN10O9. The van der Waals surface area contributed by atoms with E-state index in [4.69, 9.17) is 30.5 Å². The van der Waals surface area contributed by atoms with Gasteiger partial charge in [-0.05, 0) is 130 Å². The zero-order chi connectivity index (χ0) is 59.6. The monoisotopic (exact) mass is 1160 g/mol. The highest BCUT2D eigenvalue weighted by Gasteiger charge is 2.45. The predicted molar refractivity (Wildman–Crippen MR) is 323 cm³/mol. The van der Waals surface area contributed by atoms with Crippen LogP contribution in [0.4, 0.5) is 25.9 Å². The van der Waals surface area contributed by atoms with Crippen molar-refractivity contribution < 1.29 is 42.9 Å². The normalized spacial score (nSPS) is 14.2. The number of aromatic amines is 1. The first kappa shape index (κ1) is 60.1. The van der Waals surface area contributed by atoms with E-state index in [-0.39, 0.29) is 76.0 Å². The number of hydrogen-bond donors (Lipinski definition) is 5. The number of H-pyrrole nitrogens is 1. The number of nitrogens with zero attached hydrogens (tertiary/aromatic N) is 5. The summed E-state index contributed by atoms with van der Waals surface area (Å²) in [5, 5.41) is 13.1. The van der Waals surface area contributed by atoms with E-state index in [1.807, 2.05) is 66.7 Å². The molecule has 2 aliphatic rings. The molecule has 1 fully saturated rings. The summed E-state index contributed by atoms with van der Waals surface area (Å²) in [6.45, 7) is 13.8. The number of ether oxygens (including phenoxy) is 4. The minimum atomic E-state index is -1.40. The van der Waals surface area contributed by atoms with Crippen LogP contribution in [0.25, 0.3) is 33.3 Å². The lowest BCUT2D eigenvalue weighted by Gasteiger charge is -2.42. The minimum Gasteiger partial charge on any atom is -0.448 e. The molecule has 3 aromatic heterocycles. The highest BCUT2D eigenvalue weighted by molar-refractivity contribution is 6.30. The lowest BCUT2D eigenvalue weighted by molar-refractivity contribution is -0.129. The highest BCUT2D eigenvalue weighted by Crippen LogP contribution is 2.45. The third kappa shape index (κ3) is 15.0. The van der Waals surface area contributed by atoms with Gasteiger partial charge in [0, 0.05) is 61.6 Å². The van der Waals surface area contributed by atoms with Crippen molar-refractivity contribution in [1.82, 2.24) is 40.8 Å². The molecule has 1 aliphatic carbocycles. The Morgan fingerprint density at radius 2 is 1.48 bits per heavy atom. The van der Waals surface area contributed by atoms with E-state index < -0.39 is 52.9 Å². The van der Waals surface area contributed by atoms with E-state index >= 15 is 4.79 Å². The number of benzene rings is 4. The highest BCUT2D eigenvalue weighted by atomic mass is 35.5. The fraction of sp³-hybridized carbons (Fsp3) is 0.375. The summed E-state index contributed by atoms with van der Waals surface area (Å²) in [6.07, 6.45) is 4.29. The maximum Gasteiger partial charge on any atom is 0.412 e. The Morgan fingerprint density at radius 1 is 0.786 bits per heavy atom. The van der Waals surface area contributed by atoms with Crippen molar-refractivity contribution in [2.75, 3.05) is 62.8 Å². The number of nitrogens with one attached hydrogen (secondary N) is 5. The number of hydrogen-bond acceptors (Lipinski definition) is 13. The zero-order valence-corrected chi connectivity index (χ0v) is 49.3. The van der Waals surface area contributed by atoms with Gasteiger partial charge in [0.05, 0.1) is 30.3 Å². The van der Waals surface area contributed by atoms with Gasteiger partial charge in [0.2, 0.25) is 5.91 Å². The lowest BCUT2D eigenvalue weighted by atomic mass is 9.85. The number of carbonyl (C=O) groups is 5. The van der Waals surface area contributed by atoms with Crippen molar-refractivity contribution in [3.63, 3.8) is 0 Å². The van der Waals surface area contributed by atoms with E-state index in [0.29, 0.717) is 40.7 Å². The molecule has 0 saturated carbocycles. The number of anilines is 2. The van der Waals surface area contributed by atoms with Crippen molar-refractivity contribution in [3.8, 4) is 22.3 Å². The van der Waals surface area contributed by atoms with Crippen molar-refractivity contribution in [1.29, 1.82) is 0 Å². The van der Waals surface area contributed by atoms with Crippen molar-refractivity contribution >= 4 is 64.2 Å². The van der Waals surface area contributed by atoms with Gasteiger partial charge in [-0.25, -0.2) is 29.3 Å². The van der Waals surface area contributed by atoms with Crippen LogP contribution in [0.15, 0.2) is 128 Å². The van der Waals surface area contributed by atoms with Gasteiger partial charge in [0.25, 0.3) is 5.91 Å². The fourth-order valence-electron chi connectivity index (χ4n) is 10.6. The first-order valence-corrected chi connectivity index (χ1v) is 28.8. The van der Waals surface area contributed by atoms with E-state index in [2.05, 4.69) is 77.3 Å². The van der Waals surface area contributed by atoms with Crippen molar-refractivity contribution in [3.05, 3.63) is 161 Å². The minimum absolute atomic E-state index is 0.0161. The van der Waals surface area contributed by atoms with Gasteiger partial charge >= 0.3 is 18.3 Å². The second-order valence-electron chi connectivity index (χ2n) is 23.0. The van der Waals surface area contributed by atoms with Crippen LogP contribution in [0.2, 0.25) is 5.02 Å². The fourth-order valence-corrected chi connectivity index (χ4v) is 10.7. The molecular weight excluding hydrogens is 1090 g/mol. The molecule has 0 radical (unpaired) electrons. The topological polar surface area (TPSA) is 231 Å². The predicted octanol–water partition coefficient (Wildman–Crippen LogP) is 11.4. The molecule has 5 amide bonds. The van der Waals surface area contributed by atoms with Crippen molar-refractivity contribution in [2.24, 2.45) is 0 Å². The number of fused-ring (bicyclic) bond motifs is 4. The number of amides is 5. The molecule has 0 spiro atoms.